The molecule has 1 fully saturated rings. The third-order valence-corrected chi connectivity index (χ3v) is 4.66. The summed E-state index contributed by atoms with van der Waals surface area (Å²) in [5.41, 5.74) is 2.33. The predicted molar refractivity (Wildman–Crippen MR) is 72.8 cm³/mol. The summed E-state index contributed by atoms with van der Waals surface area (Å²) in [4.78, 5) is 6.25. The first-order valence-electron chi connectivity index (χ1n) is 6.12. The molecule has 0 amide bonds. The van der Waals surface area contributed by atoms with Gasteiger partial charge in [0, 0.05) is 25.4 Å². The average molecular weight is 285 g/mol. The van der Waals surface area contributed by atoms with Gasteiger partial charge in [-0.25, -0.2) is 24.0 Å². The number of nitrogens with one attached hydrogen (secondary N) is 2. The fourth-order valence-corrected chi connectivity index (χ4v) is 3.29. The number of aromatic nitrogens is 1. The van der Waals surface area contributed by atoms with Gasteiger partial charge in [0.2, 0.25) is 10.0 Å². The Balaban J connectivity index is 2.01. The molecule has 1 aliphatic rings. The number of nitrogens with zero attached hydrogens (tertiary/aromatic N) is 2. The van der Waals surface area contributed by atoms with Crippen molar-refractivity contribution in [3.63, 3.8) is 0 Å². The molecular formula is C11H19N5O2S. The molecule has 1 atom stereocenters. The first kappa shape index (κ1) is 14.2. The predicted octanol–water partition coefficient (Wildman–Crippen LogP) is -0.403. The molecule has 0 saturated carbocycles. The van der Waals surface area contributed by atoms with E-state index in [0.29, 0.717) is 18.3 Å². The number of hydrazine groups is 1. The summed E-state index contributed by atoms with van der Waals surface area (Å²) < 4.78 is 26.9. The van der Waals surface area contributed by atoms with Crippen molar-refractivity contribution in [3.8, 4) is 0 Å². The van der Waals surface area contributed by atoms with Gasteiger partial charge >= 0.3 is 0 Å². The smallest absolute Gasteiger partial charge is 0.240 e. The van der Waals surface area contributed by atoms with E-state index in [1.165, 1.54) is 18.3 Å². The molecule has 0 radical (unpaired) electrons. The Morgan fingerprint density at radius 3 is 3.00 bits per heavy atom. The number of hydrogen-bond acceptors (Lipinski definition) is 6. The minimum atomic E-state index is -3.50. The van der Waals surface area contributed by atoms with Crippen molar-refractivity contribution >= 4 is 15.8 Å². The molecule has 1 unspecified atom stereocenters. The molecule has 2 rings (SSSR count). The fourth-order valence-electron chi connectivity index (χ4n) is 2.16. The molecule has 1 saturated heterocycles. The second-order valence-corrected chi connectivity index (χ2v) is 6.56. The van der Waals surface area contributed by atoms with Gasteiger partial charge in [0.1, 0.15) is 5.82 Å². The SMILES string of the molecule is CN1CCC(CNS(=O)(=O)c2ccnc(NN)c2)C1. The van der Waals surface area contributed by atoms with Gasteiger partial charge in [-0.2, -0.15) is 0 Å². The van der Waals surface area contributed by atoms with Crippen LogP contribution in [0.5, 0.6) is 0 Å². The van der Waals surface area contributed by atoms with Crippen LogP contribution < -0.4 is 16.0 Å². The van der Waals surface area contributed by atoms with Crippen molar-refractivity contribution in [1.29, 1.82) is 0 Å². The fraction of sp³-hybridized carbons (Fsp3) is 0.545. The second kappa shape index (κ2) is 5.83. The maximum Gasteiger partial charge on any atom is 0.240 e. The zero-order chi connectivity index (χ0) is 13.9. The highest BCUT2D eigenvalue weighted by Crippen LogP contribution is 2.15. The molecule has 0 bridgehead atoms. The van der Waals surface area contributed by atoms with Gasteiger partial charge in [-0.15, -0.1) is 0 Å². The Morgan fingerprint density at radius 2 is 2.37 bits per heavy atom. The number of likely N-dealkylation sites (tertiary alicyclic amines) is 1. The van der Waals surface area contributed by atoms with Crippen LogP contribution in [0.15, 0.2) is 23.2 Å². The maximum atomic E-state index is 12.1. The number of hydrogen-bond donors (Lipinski definition) is 3. The number of nitrogen functional groups attached to an aromatic ring is 1. The molecule has 1 aromatic heterocycles. The van der Waals surface area contributed by atoms with E-state index < -0.39 is 10.0 Å². The summed E-state index contributed by atoms with van der Waals surface area (Å²) in [5.74, 6) is 5.91. The minimum Gasteiger partial charge on any atom is -0.308 e. The Kier molecular flexibility index (Phi) is 4.35. The van der Waals surface area contributed by atoms with E-state index in [-0.39, 0.29) is 4.90 Å². The summed E-state index contributed by atoms with van der Waals surface area (Å²) in [5, 5.41) is 0. The van der Waals surface area contributed by atoms with Gasteiger partial charge in [0.25, 0.3) is 0 Å². The van der Waals surface area contributed by atoms with Crippen LogP contribution in [0.4, 0.5) is 5.82 Å². The molecule has 1 aromatic rings. The summed E-state index contributed by atoms with van der Waals surface area (Å²) in [7, 11) is -1.46. The molecule has 1 aliphatic heterocycles. The highest BCUT2D eigenvalue weighted by atomic mass is 32.2. The molecule has 19 heavy (non-hydrogen) atoms. The van der Waals surface area contributed by atoms with E-state index in [9.17, 15) is 8.42 Å². The summed E-state index contributed by atoms with van der Waals surface area (Å²) >= 11 is 0. The van der Waals surface area contributed by atoms with Crippen LogP contribution in [0.3, 0.4) is 0 Å². The Labute approximate surface area is 113 Å². The van der Waals surface area contributed by atoms with Crippen LogP contribution in [0.1, 0.15) is 6.42 Å². The Bertz CT molecular complexity index is 534. The first-order valence-corrected chi connectivity index (χ1v) is 7.60. The minimum absolute atomic E-state index is 0.168. The Morgan fingerprint density at radius 1 is 1.58 bits per heavy atom. The molecule has 0 spiro atoms. The van der Waals surface area contributed by atoms with Crippen LogP contribution in [-0.4, -0.2) is 45.0 Å². The van der Waals surface area contributed by atoms with Crippen LogP contribution in [0.25, 0.3) is 0 Å². The molecule has 0 aliphatic carbocycles. The van der Waals surface area contributed by atoms with E-state index in [4.69, 9.17) is 5.84 Å². The summed E-state index contributed by atoms with van der Waals surface area (Å²) in [6.45, 7) is 2.40. The van der Waals surface area contributed by atoms with Crippen LogP contribution in [0, 0.1) is 5.92 Å². The van der Waals surface area contributed by atoms with E-state index in [1.54, 1.807) is 0 Å². The highest BCUT2D eigenvalue weighted by Gasteiger charge is 2.22. The van der Waals surface area contributed by atoms with Gasteiger partial charge in [0.05, 0.1) is 4.90 Å². The van der Waals surface area contributed by atoms with Gasteiger partial charge in [-0.1, -0.05) is 0 Å². The third-order valence-electron chi connectivity index (χ3n) is 3.24. The van der Waals surface area contributed by atoms with E-state index in [1.807, 2.05) is 7.05 Å². The van der Waals surface area contributed by atoms with E-state index in [2.05, 4.69) is 20.0 Å². The molecule has 8 heteroatoms. The quantitative estimate of drug-likeness (QED) is 0.502. The van der Waals surface area contributed by atoms with Gasteiger partial charge in [-0.3, -0.25) is 0 Å². The number of nitrogens with two attached hydrogens (primary N) is 1. The van der Waals surface area contributed by atoms with Crippen LogP contribution >= 0.6 is 0 Å². The zero-order valence-corrected chi connectivity index (χ0v) is 11.7. The lowest BCUT2D eigenvalue weighted by molar-refractivity contribution is 0.394. The van der Waals surface area contributed by atoms with Crippen molar-refractivity contribution in [2.75, 3.05) is 32.1 Å². The van der Waals surface area contributed by atoms with Crippen molar-refractivity contribution in [2.45, 2.75) is 11.3 Å². The van der Waals surface area contributed by atoms with Crippen LogP contribution in [-0.2, 0) is 10.0 Å². The van der Waals surface area contributed by atoms with Crippen molar-refractivity contribution in [2.24, 2.45) is 11.8 Å². The Hall–Kier alpha value is -1.22. The van der Waals surface area contributed by atoms with Gasteiger partial charge in [-0.05, 0) is 32.0 Å². The second-order valence-electron chi connectivity index (χ2n) is 4.79. The molecule has 7 nitrogen and oxygen atoms in total. The molecular weight excluding hydrogens is 266 g/mol. The monoisotopic (exact) mass is 285 g/mol. The molecule has 4 N–H and O–H groups in total. The standard InChI is InChI=1S/C11H19N5O2S/c1-16-5-3-9(8-16)7-14-19(17,18)10-2-4-13-11(6-10)15-12/h2,4,6,9,14H,3,5,7-8,12H2,1H3,(H,13,15). The number of pyridine rings is 1. The lowest BCUT2D eigenvalue weighted by Gasteiger charge is -2.12. The zero-order valence-electron chi connectivity index (χ0n) is 10.8. The van der Waals surface area contributed by atoms with E-state index >= 15 is 0 Å². The maximum absolute atomic E-state index is 12.1. The van der Waals surface area contributed by atoms with Crippen molar-refractivity contribution < 1.29 is 8.42 Å². The summed E-state index contributed by atoms with van der Waals surface area (Å²) in [6.07, 6.45) is 2.43. The molecule has 106 valence electrons. The highest BCUT2D eigenvalue weighted by molar-refractivity contribution is 7.89. The van der Waals surface area contributed by atoms with Crippen molar-refractivity contribution in [3.05, 3.63) is 18.3 Å². The van der Waals surface area contributed by atoms with Crippen LogP contribution in [0.2, 0.25) is 0 Å². The first-order chi connectivity index (χ1) is 9.01. The van der Waals surface area contributed by atoms with E-state index in [0.717, 1.165) is 19.5 Å². The topological polar surface area (TPSA) is 100 Å². The lowest BCUT2D eigenvalue weighted by atomic mass is 10.1. The van der Waals surface area contributed by atoms with Crippen molar-refractivity contribution in [1.82, 2.24) is 14.6 Å². The number of anilines is 1. The summed E-state index contributed by atoms with van der Waals surface area (Å²) in [6, 6.07) is 2.85. The molecule has 2 heterocycles. The normalized spacial score (nSPS) is 20.6. The average Bonchev–Trinajstić information content (AvgIpc) is 2.82. The number of sulfonamides is 1. The third kappa shape index (κ3) is 3.63. The molecule has 0 aromatic carbocycles. The largest absolute Gasteiger partial charge is 0.308 e. The number of rotatable bonds is 5. The van der Waals surface area contributed by atoms with Gasteiger partial charge < -0.3 is 10.3 Å². The van der Waals surface area contributed by atoms with Gasteiger partial charge in [0.15, 0.2) is 0 Å². The lowest BCUT2D eigenvalue weighted by Crippen LogP contribution is -2.30.